The molecule has 1 aliphatic rings. The van der Waals surface area contributed by atoms with Crippen LogP contribution >= 0.6 is 11.3 Å². The average Bonchev–Trinajstić information content (AvgIpc) is 2.85. The fourth-order valence-electron chi connectivity index (χ4n) is 2.24. The summed E-state index contributed by atoms with van der Waals surface area (Å²) in [5.41, 5.74) is -0.301. The highest BCUT2D eigenvalue weighted by Gasteiger charge is 2.36. The van der Waals surface area contributed by atoms with Gasteiger partial charge in [-0.1, -0.05) is 18.2 Å². The van der Waals surface area contributed by atoms with Gasteiger partial charge in [-0.15, -0.1) is 11.3 Å². The second-order valence-corrected chi connectivity index (χ2v) is 4.95. The first kappa shape index (κ1) is 9.31. The van der Waals surface area contributed by atoms with Gasteiger partial charge in [0, 0.05) is 16.8 Å². The number of halogens is 1. The summed E-state index contributed by atoms with van der Waals surface area (Å²) in [4.78, 5) is 0. The second-order valence-electron chi connectivity index (χ2n) is 4.04. The molecule has 3 heteroatoms. The summed E-state index contributed by atoms with van der Waals surface area (Å²) in [6, 6.07) is 7.96. The van der Waals surface area contributed by atoms with Crippen molar-refractivity contribution in [1.82, 2.24) is 5.32 Å². The number of hydrogen-bond acceptors (Lipinski definition) is 2. The number of hydrogen-bond donors (Lipinski definition) is 1. The van der Waals surface area contributed by atoms with Crippen LogP contribution in [0.15, 0.2) is 29.6 Å². The third-order valence-electron chi connectivity index (χ3n) is 3.06. The number of rotatable bonds is 1. The molecule has 1 nitrogen and oxygen atoms in total. The number of fused-ring (bicyclic) bond motifs is 1. The van der Waals surface area contributed by atoms with Crippen LogP contribution in [0.2, 0.25) is 0 Å². The topological polar surface area (TPSA) is 12.0 Å². The van der Waals surface area contributed by atoms with Crippen molar-refractivity contribution in [2.45, 2.75) is 12.1 Å². The van der Waals surface area contributed by atoms with Crippen LogP contribution in [0.1, 0.15) is 12.0 Å². The zero-order valence-corrected chi connectivity index (χ0v) is 9.11. The maximum absolute atomic E-state index is 14.6. The highest BCUT2D eigenvalue weighted by atomic mass is 32.1. The van der Waals surface area contributed by atoms with Gasteiger partial charge in [0.05, 0.1) is 0 Å². The van der Waals surface area contributed by atoms with Crippen LogP contribution in [-0.2, 0) is 5.67 Å². The van der Waals surface area contributed by atoms with E-state index in [0.29, 0.717) is 13.0 Å². The minimum absolute atomic E-state index is 0.448. The van der Waals surface area contributed by atoms with Crippen molar-refractivity contribution in [1.29, 1.82) is 0 Å². The van der Waals surface area contributed by atoms with Gasteiger partial charge in [0.2, 0.25) is 0 Å². The van der Waals surface area contributed by atoms with E-state index in [-0.39, 0.29) is 0 Å². The molecule has 3 rings (SSSR count). The lowest BCUT2D eigenvalue weighted by atomic mass is 9.94. The third-order valence-corrected chi connectivity index (χ3v) is 4.03. The smallest absolute Gasteiger partial charge is 0.150 e. The van der Waals surface area contributed by atoms with E-state index in [0.717, 1.165) is 22.2 Å². The van der Waals surface area contributed by atoms with E-state index in [1.54, 1.807) is 11.3 Å². The van der Waals surface area contributed by atoms with E-state index in [2.05, 4.69) is 11.4 Å². The lowest BCUT2D eigenvalue weighted by Crippen LogP contribution is -2.23. The minimum atomic E-state index is -1.16. The standard InChI is InChI=1S/C12H12FNS/c13-12(5-6-14-8-12)10-3-1-2-9-4-7-15-11(9)10/h1-4,7,14H,5-6,8H2. The predicted octanol–water partition coefficient (Wildman–Crippen LogP) is 3.06. The number of thiophene rings is 1. The summed E-state index contributed by atoms with van der Waals surface area (Å²) in [6.45, 7) is 1.22. The monoisotopic (exact) mass is 221 g/mol. The van der Waals surface area contributed by atoms with Gasteiger partial charge >= 0.3 is 0 Å². The lowest BCUT2D eigenvalue weighted by molar-refractivity contribution is 0.196. The Balaban J connectivity index is 2.21. The van der Waals surface area contributed by atoms with Crippen LogP contribution in [0.4, 0.5) is 4.39 Å². The first-order valence-electron chi connectivity index (χ1n) is 5.16. The van der Waals surface area contributed by atoms with Crippen molar-refractivity contribution in [3.05, 3.63) is 35.2 Å². The molecular formula is C12H12FNS. The van der Waals surface area contributed by atoms with Crippen molar-refractivity contribution < 1.29 is 4.39 Å². The molecule has 1 aliphatic heterocycles. The Morgan fingerprint density at radius 1 is 1.33 bits per heavy atom. The molecule has 0 spiro atoms. The molecule has 1 saturated heterocycles. The summed E-state index contributed by atoms with van der Waals surface area (Å²) < 4.78 is 15.7. The fourth-order valence-corrected chi connectivity index (χ4v) is 3.24. The summed E-state index contributed by atoms with van der Waals surface area (Å²) >= 11 is 1.63. The fraction of sp³-hybridized carbons (Fsp3) is 0.333. The molecule has 1 unspecified atom stereocenters. The van der Waals surface area contributed by atoms with Crippen molar-refractivity contribution in [2.75, 3.05) is 13.1 Å². The van der Waals surface area contributed by atoms with Gasteiger partial charge in [0.1, 0.15) is 0 Å². The third kappa shape index (κ3) is 1.38. The Bertz CT molecular complexity index is 485. The maximum atomic E-state index is 14.6. The molecule has 0 aliphatic carbocycles. The van der Waals surface area contributed by atoms with Gasteiger partial charge in [0.25, 0.3) is 0 Å². The van der Waals surface area contributed by atoms with Gasteiger partial charge in [-0.05, 0) is 29.8 Å². The van der Waals surface area contributed by atoms with E-state index in [1.807, 2.05) is 23.6 Å². The van der Waals surface area contributed by atoms with E-state index >= 15 is 0 Å². The Labute approximate surface area is 91.9 Å². The van der Waals surface area contributed by atoms with E-state index < -0.39 is 5.67 Å². The van der Waals surface area contributed by atoms with Crippen LogP contribution in [0.25, 0.3) is 10.1 Å². The predicted molar refractivity (Wildman–Crippen MR) is 62.1 cm³/mol. The van der Waals surface area contributed by atoms with Crippen molar-refractivity contribution in [2.24, 2.45) is 0 Å². The van der Waals surface area contributed by atoms with Crippen molar-refractivity contribution in [3.8, 4) is 0 Å². The van der Waals surface area contributed by atoms with Gasteiger partial charge in [-0.3, -0.25) is 0 Å². The van der Waals surface area contributed by atoms with Gasteiger partial charge < -0.3 is 5.32 Å². The van der Waals surface area contributed by atoms with Crippen LogP contribution < -0.4 is 5.32 Å². The molecule has 0 saturated carbocycles. The molecular weight excluding hydrogens is 209 g/mol. The average molecular weight is 221 g/mol. The number of alkyl halides is 1. The normalized spacial score (nSPS) is 26.2. The first-order chi connectivity index (χ1) is 7.30. The van der Waals surface area contributed by atoms with Crippen LogP contribution in [-0.4, -0.2) is 13.1 Å². The van der Waals surface area contributed by atoms with Crippen LogP contribution in [0, 0.1) is 0 Å². The zero-order valence-electron chi connectivity index (χ0n) is 8.29. The molecule has 15 heavy (non-hydrogen) atoms. The SMILES string of the molecule is FC1(c2cccc3ccsc23)CCNC1. The van der Waals surface area contributed by atoms with Crippen molar-refractivity contribution >= 4 is 21.4 Å². The molecule has 1 aromatic heterocycles. The Kier molecular flexibility index (Phi) is 2.04. The van der Waals surface area contributed by atoms with Gasteiger partial charge in [0.15, 0.2) is 5.67 Å². The van der Waals surface area contributed by atoms with E-state index in [1.165, 1.54) is 0 Å². The zero-order chi connectivity index (χ0) is 10.3. The van der Waals surface area contributed by atoms with Crippen molar-refractivity contribution in [3.63, 3.8) is 0 Å². The Morgan fingerprint density at radius 3 is 3.07 bits per heavy atom. The van der Waals surface area contributed by atoms with Crippen LogP contribution in [0.5, 0.6) is 0 Å². The highest BCUT2D eigenvalue weighted by molar-refractivity contribution is 7.17. The minimum Gasteiger partial charge on any atom is -0.313 e. The van der Waals surface area contributed by atoms with Gasteiger partial charge in [-0.2, -0.15) is 0 Å². The summed E-state index contributed by atoms with van der Waals surface area (Å²) in [5, 5.41) is 6.28. The molecule has 1 aromatic carbocycles. The molecule has 0 radical (unpaired) electrons. The second kappa shape index (κ2) is 3.29. The first-order valence-corrected chi connectivity index (χ1v) is 6.04. The molecule has 0 bridgehead atoms. The highest BCUT2D eigenvalue weighted by Crippen LogP contribution is 2.38. The largest absolute Gasteiger partial charge is 0.313 e. The number of nitrogens with one attached hydrogen (secondary N) is 1. The quantitative estimate of drug-likeness (QED) is 0.780. The molecule has 1 fully saturated rings. The Hall–Kier alpha value is -0.930. The molecule has 2 heterocycles. The maximum Gasteiger partial charge on any atom is 0.150 e. The summed E-state index contributed by atoms with van der Waals surface area (Å²) in [5.74, 6) is 0. The van der Waals surface area contributed by atoms with E-state index in [4.69, 9.17) is 0 Å². The number of benzene rings is 1. The van der Waals surface area contributed by atoms with Gasteiger partial charge in [-0.25, -0.2) is 4.39 Å². The lowest BCUT2D eigenvalue weighted by Gasteiger charge is -2.19. The summed E-state index contributed by atoms with van der Waals surface area (Å²) in [6.07, 6.45) is 0.587. The molecule has 78 valence electrons. The molecule has 1 atom stereocenters. The molecule has 0 amide bonds. The summed E-state index contributed by atoms with van der Waals surface area (Å²) in [7, 11) is 0. The van der Waals surface area contributed by atoms with Crippen LogP contribution in [0.3, 0.4) is 0 Å². The van der Waals surface area contributed by atoms with E-state index in [9.17, 15) is 4.39 Å². The molecule has 2 aromatic rings. The molecule has 1 N–H and O–H groups in total. The Morgan fingerprint density at radius 2 is 2.27 bits per heavy atom.